The summed E-state index contributed by atoms with van der Waals surface area (Å²) in [5.41, 5.74) is 0.944. The van der Waals surface area contributed by atoms with Gasteiger partial charge in [-0.25, -0.2) is 4.39 Å². The van der Waals surface area contributed by atoms with E-state index in [1.165, 1.54) is 0 Å². The molecule has 0 radical (unpaired) electrons. The van der Waals surface area contributed by atoms with Gasteiger partial charge in [0.15, 0.2) is 11.6 Å². The number of hydrogen-bond acceptors (Lipinski definition) is 3. The second-order valence-electron chi connectivity index (χ2n) is 5.52. The highest BCUT2D eigenvalue weighted by Crippen LogP contribution is 2.31. The van der Waals surface area contributed by atoms with Gasteiger partial charge in [-0.3, -0.25) is 0 Å². The molecule has 3 unspecified atom stereocenters. The Kier molecular flexibility index (Phi) is 4.86. The van der Waals surface area contributed by atoms with Gasteiger partial charge in [0.25, 0.3) is 0 Å². The molecule has 0 aliphatic carbocycles. The van der Waals surface area contributed by atoms with Crippen LogP contribution in [0.25, 0.3) is 0 Å². The van der Waals surface area contributed by atoms with Crippen LogP contribution in [0.4, 0.5) is 10.1 Å². The maximum Gasteiger partial charge on any atom is 0.167 e. The fourth-order valence-corrected chi connectivity index (χ4v) is 3.08. The van der Waals surface area contributed by atoms with Crippen LogP contribution in [-0.2, 0) is 0 Å². The molecule has 4 heteroatoms. The zero-order valence-corrected chi connectivity index (χ0v) is 12.8. The fourth-order valence-electron chi connectivity index (χ4n) is 3.08. The van der Waals surface area contributed by atoms with Crippen molar-refractivity contribution in [2.45, 2.75) is 39.3 Å². The van der Waals surface area contributed by atoms with E-state index in [2.05, 4.69) is 24.1 Å². The summed E-state index contributed by atoms with van der Waals surface area (Å²) in [6, 6.07) is 6.20. The summed E-state index contributed by atoms with van der Waals surface area (Å²) >= 11 is 0. The lowest BCUT2D eigenvalue weighted by molar-refractivity contribution is 0.282. The molecule has 3 nitrogen and oxygen atoms in total. The zero-order chi connectivity index (χ0) is 14.7. The maximum absolute atomic E-state index is 14.0. The number of hydrogen-bond donors (Lipinski definition) is 1. The van der Waals surface area contributed by atoms with Gasteiger partial charge in [0.1, 0.15) is 0 Å². The van der Waals surface area contributed by atoms with Crippen molar-refractivity contribution in [3.05, 3.63) is 24.0 Å². The first-order valence-electron chi connectivity index (χ1n) is 7.44. The van der Waals surface area contributed by atoms with Gasteiger partial charge in [-0.2, -0.15) is 0 Å². The van der Waals surface area contributed by atoms with E-state index >= 15 is 0 Å². The van der Waals surface area contributed by atoms with Crippen molar-refractivity contribution in [3.8, 4) is 5.75 Å². The number of nitrogens with zero attached hydrogens (tertiary/aromatic N) is 1. The predicted molar refractivity (Wildman–Crippen MR) is 81.0 cm³/mol. The SMILES string of the molecule is CCOc1ccc(N2CCC(NC)C(C)C2C)cc1F. The molecule has 20 heavy (non-hydrogen) atoms. The Bertz CT molecular complexity index is 452. The third-order valence-corrected chi connectivity index (χ3v) is 4.49. The quantitative estimate of drug-likeness (QED) is 0.917. The monoisotopic (exact) mass is 280 g/mol. The molecule has 0 spiro atoms. The van der Waals surface area contributed by atoms with Crippen LogP contribution in [0.1, 0.15) is 27.2 Å². The summed E-state index contributed by atoms with van der Waals surface area (Å²) in [6.45, 7) is 7.76. The zero-order valence-electron chi connectivity index (χ0n) is 12.8. The van der Waals surface area contributed by atoms with Crippen LogP contribution in [-0.4, -0.2) is 32.3 Å². The van der Waals surface area contributed by atoms with Gasteiger partial charge in [0.2, 0.25) is 0 Å². The normalized spacial score (nSPS) is 26.6. The molecule has 1 aromatic rings. The summed E-state index contributed by atoms with van der Waals surface area (Å²) < 4.78 is 19.3. The maximum atomic E-state index is 14.0. The molecule has 1 saturated heterocycles. The van der Waals surface area contributed by atoms with Crippen molar-refractivity contribution < 1.29 is 9.13 Å². The first kappa shape index (κ1) is 15.1. The largest absolute Gasteiger partial charge is 0.491 e. The fraction of sp³-hybridized carbons (Fsp3) is 0.625. The van der Waals surface area contributed by atoms with E-state index in [4.69, 9.17) is 4.74 Å². The molecule has 112 valence electrons. The summed E-state index contributed by atoms with van der Waals surface area (Å²) in [6.07, 6.45) is 1.08. The van der Waals surface area contributed by atoms with E-state index in [0.29, 0.717) is 30.4 Å². The molecule has 1 fully saturated rings. The average molecular weight is 280 g/mol. The van der Waals surface area contributed by atoms with Crippen molar-refractivity contribution in [1.82, 2.24) is 5.32 Å². The van der Waals surface area contributed by atoms with Crippen molar-refractivity contribution in [3.63, 3.8) is 0 Å². The molecule has 2 rings (SSSR count). The summed E-state index contributed by atoms with van der Waals surface area (Å²) in [4.78, 5) is 2.29. The van der Waals surface area contributed by atoms with Crippen molar-refractivity contribution >= 4 is 5.69 Å². The first-order valence-corrected chi connectivity index (χ1v) is 7.44. The molecule has 0 amide bonds. The highest BCUT2D eigenvalue weighted by atomic mass is 19.1. The summed E-state index contributed by atoms with van der Waals surface area (Å²) in [5.74, 6) is 0.588. The van der Waals surface area contributed by atoms with Crippen LogP contribution < -0.4 is 15.0 Å². The molecule has 0 aromatic heterocycles. The Morgan fingerprint density at radius 3 is 2.75 bits per heavy atom. The Labute approximate surface area is 121 Å². The van der Waals surface area contributed by atoms with Crippen LogP contribution in [0.5, 0.6) is 5.75 Å². The molecule has 1 N–H and O–H groups in total. The number of benzene rings is 1. The van der Waals surface area contributed by atoms with Crippen molar-refractivity contribution in [2.24, 2.45) is 5.92 Å². The highest BCUT2D eigenvalue weighted by molar-refractivity contribution is 5.51. The molecule has 1 aliphatic rings. The first-order chi connectivity index (χ1) is 9.58. The van der Waals surface area contributed by atoms with E-state index in [0.717, 1.165) is 18.7 Å². The number of ether oxygens (including phenoxy) is 1. The molecule has 1 aliphatic heterocycles. The second kappa shape index (κ2) is 6.44. The topological polar surface area (TPSA) is 24.5 Å². The molecular weight excluding hydrogens is 255 g/mol. The standard InChI is InChI=1S/C16H25FN2O/c1-5-20-16-7-6-13(10-14(16)17)19-9-8-15(18-4)11(2)12(19)3/h6-7,10-12,15,18H,5,8-9H2,1-4H3. The van der Waals surface area contributed by atoms with Crippen LogP contribution in [0, 0.1) is 11.7 Å². The minimum atomic E-state index is -0.278. The highest BCUT2D eigenvalue weighted by Gasteiger charge is 2.31. The number of halogens is 1. The molecule has 0 bridgehead atoms. The summed E-state index contributed by atoms with van der Waals surface area (Å²) in [7, 11) is 2.01. The summed E-state index contributed by atoms with van der Waals surface area (Å²) in [5, 5.41) is 3.37. The smallest absolute Gasteiger partial charge is 0.167 e. The minimum Gasteiger partial charge on any atom is -0.491 e. The van der Waals surface area contributed by atoms with Gasteiger partial charge in [-0.15, -0.1) is 0 Å². The molecule has 0 saturated carbocycles. The Balaban J connectivity index is 2.17. The van der Waals surface area contributed by atoms with Crippen LogP contribution in [0.15, 0.2) is 18.2 Å². The van der Waals surface area contributed by atoms with Crippen molar-refractivity contribution in [1.29, 1.82) is 0 Å². The molecule has 3 atom stereocenters. The van der Waals surface area contributed by atoms with E-state index in [-0.39, 0.29) is 5.82 Å². The number of piperidine rings is 1. The van der Waals surface area contributed by atoms with Gasteiger partial charge in [-0.1, -0.05) is 6.92 Å². The lowest BCUT2D eigenvalue weighted by Crippen LogP contribution is -2.52. The van der Waals surface area contributed by atoms with Crippen LogP contribution in [0.2, 0.25) is 0 Å². The van der Waals surface area contributed by atoms with Gasteiger partial charge < -0.3 is 15.0 Å². The van der Waals surface area contributed by atoms with Crippen LogP contribution >= 0.6 is 0 Å². The Morgan fingerprint density at radius 2 is 2.15 bits per heavy atom. The van der Waals surface area contributed by atoms with E-state index in [1.807, 2.05) is 20.0 Å². The number of nitrogens with one attached hydrogen (secondary N) is 1. The molecule has 1 heterocycles. The number of rotatable bonds is 4. The van der Waals surface area contributed by atoms with Gasteiger partial charge in [0.05, 0.1) is 6.61 Å². The second-order valence-corrected chi connectivity index (χ2v) is 5.52. The van der Waals surface area contributed by atoms with Gasteiger partial charge in [-0.05, 0) is 45.4 Å². The average Bonchev–Trinajstić information content (AvgIpc) is 2.44. The van der Waals surface area contributed by atoms with E-state index in [9.17, 15) is 4.39 Å². The number of anilines is 1. The van der Waals surface area contributed by atoms with E-state index < -0.39 is 0 Å². The minimum absolute atomic E-state index is 0.278. The van der Waals surface area contributed by atoms with Crippen molar-refractivity contribution in [2.75, 3.05) is 25.1 Å². The molecular formula is C16H25FN2O. The van der Waals surface area contributed by atoms with Gasteiger partial charge >= 0.3 is 0 Å². The third-order valence-electron chi connectivity index (χ3n) is 4.49. The van der Waals surface area contributed by atoms with E-state index in [1.54, 1.807) is 12.1 Å². The third kappa shape index (κ3) is 2.90. The van der Waals surface area contributed by atoms with Crippen LogP contribution in [0.3, 0.4) is 0 Å². The lowest BCUT2D eigenvalue weighted by atomic mass is 9.87. The molecule has 1 aromatic carbocycles. The Hall–Kier alpha value is -1.29. The Morgan fingerprint density at radius 1 is 1.40 bits per heavy atom. The lowest BCUT2D eigenvalue weighted by Gasteiger charge is -2.44. The van der Waals surface area contributed by atoms with Gasteiger partial charge in [0, 0.05) is 30.4 Å². The predicted octanol–water partition coefficient (Wildman–Crippen LogP) is 3.05.